The van der Waals surface area contributed by atoms with Crippen LogP contribution in [0.2, 0.25) is 0 Å². The minimum absolute atomic E-state index is 0.0763. The van der Waals surface area contributed by atoms with Gasteiger partial charge in [0, 0.05) is 29.7 Å². The van der Waals surface area contributed by atoms with Gasteiger partial charge in [0.15, 0.2) is 0 Å². The highest BCUT2D eigenvalue weighted by molar-refractivity contribution is 5.64. The van der Waals surface area contributed by atoms with E-state index in [1.165, 1.54) is 18.2 Å². The van der Waals surface area contributed by atoms with Crippen LogP contribution in [0.15, 0.2) is 54.7 Å². The van der Waals surface area contributed by atoms with Crippen LogP contribution in [0.25, 0.3) is 0 Å². The molecular weight excluding hydrogens is 439 g/mol. The number of nitrogens with one attached hydrogen (secondary N) is 2. The lowest BCUT2D eigenvalue weighted by Gasteiger charge is -2.15. The number of anilines is 4. The Morgan fingerprint density at radius 1 is 1.06 bits per heavy atom. The molecule has 0 radical (unpaired) electrons. The number of nitrogens with zero attached hydrogens (tertiary/aromatic N) is 3. The minimum atomic E-state index is -4.72. The Hall–Kier alpha value is -3.89. The van der Waals surface area contributed by atoms with Crippen molar-refractivity contribution in [1.82, 2.24) is 9.97 Å². The maximum Gasteiger partial charge on any atom is 0.421 e. The van der Waals surface area contributed by atoms with E-state index in [2.05, 4.69) is 27.5 Å². The molecule has 3 rings (SSSR count). The van der Waals surface area contributed by atoms with Gasteiger partial charge in [-0.05, 0) is 36.8 Å². The number of unbranched alkanes of at least 4 members (excludes halogenated alkanes) is 2. The van der Waals surface area contributed by atoms with Crippen molar-refractivity contribution in [3.63, 3.8) is 0 Å². The summed E-state index contributed by atoms with van der Waals surface area (Å²) in [4.78, 5) is 18.0. The number of nitro groups is 1. The molecule has 2 N–H and O–H groups in total. The number of hydrogen-bond donors (Lipinski definition) is 2. The molecule has 0 bridgehead atoms. The van der Waals surface area contributed by atoms with Gasteiger partial charge in [0.25, 0.3) is 5.69 Å². The first-order valence-corrected chi connectivity index (χ1v) is 10.2. The zero-order valence-corrected chi connectivity index (χ0v) is 17.7. The van der Waals surface area contributed by atoms with Crippen molar-refractivity contribution in [3.05, 3.63) is 70.4 Å². The first-order chi connectivity index (χ1) is 15.8. The monoisotopic (exact) mass is 461 g/mol. The molecule has 1 heterocycles. The second kappa shape index (κ2) is 10.6. The summed E-state index contributed by atoms with van der Waals surface area (Å²) in [5.41, 5.74) is -0.728. The number of non-ortho nitro benzene ring substituents is 1. The summed E-state index contributed by atoms with van der Waals surface area (Å²) in [6.45, 7) is 2.71. The molecule has 33 heavy (non-hydrogen) atoms. The highest BCUT2D eigenvalue weighted by Gasteiger charge is 2.35. The highest BCUT2D eigenvalue weighted by Crippen LogP contribution is 2.35. The summed E-state index contributed by atoms with van der Waals surface area (Å²) in [6, 6.07) is 12.0. The van der Waals surface area contributed by atoms with Crippen LogP contribution in [0.5, 0.6) is 5.75 Å². The molecule has 174 valence electrons. The first-order valence-electron chi connectivity index (χ1n) is 10.2. The van der Waals surface area contributed by atoms with Crippen LogP contribution < -0.4 is 15.4 Å². The number of halogens is 3. The van der Waals surface area contributed by atoms with E-state index in [0.717, 1.165) is 25.3 Å². The van der Waals surface area contributed by atoms with Crippen LogP contribution in [0.3, 0.4) is 0 Å². The van der Waals surface area contributed by atoms with Crippen molar-refractivity contribution in [3.8, 4) is 5.75 Å². The number of rotatable bonds is 10. The van der Waals surface area contributed by atoms with Crippen LogP contribution in [-0.4, -0.2) is 21.5 Å². The second-order valence-corrected chi connectivity index (χ2v) is 7.09. The topological polar surface area (TPSA) is 102 Å². The third-order valence-corrected chi connectivity index (χ3v) is 4.54. The van der Waals surface area contributed by atoms with Gasteiger partial charge in [-0.15, -0.1) is 0 Å². The van der Waals surface area contributed by atoms with Crippen LogP contribution in [0, 0.1) is 10.1 Å². The van der Waals surface area contributed by atoms with E-state index in [0.29, 0.717) is 24.2 Å². The van der Waals surface area contributed by atoms with Gasteiger partial charge in [0.2, 0.25) is 5.95 Å². The molecule has 1 aromatic heterocycles. The van der Waals surface area contributed by atoms with E-state index in [4.69, 9.17) is 4.74 Å². The summed E-state index contributed by atoms with van der Waals surface area (Å²) in [5.74, 6) is 0.0712. The van der Waals surface area contributed by atoms with Gasteiger partial charge in [-0.25, -0.2) is 4.98 Å². The van der Waals surface area contributed by atoms with Crippen LogP contribution >= 0.6 is 0 Å². The number of alkyl halides is 3. The zero-order chi connectivity index (χ0) is 23.8. The third-order valence-electron chi connectivity index (χ3n) is 4.54. The van der Waals surface area contributed by atoms with Gasteiger partial charge in [-0.2, -0.15) is 18.2 Å². The SMILES string of the molecule is CCCCCOc1ccc(Nc2ncc(C(F)(F)F)c(Nc3cccc([N+](=O)[O-])c3)n2)cc1. The quantitative estimate of drug-likeness (QED) is 0.203. The predicted molar refractivity (Wildman–Crippen MR) is 118 cm³/mol. The van der Waals surface area contributed by atoms with E-state index in [1.807, 2.05) is 0 Å². The molecule has 0 atom stereocenters. The summed E-state index contributed by atoms with van der Waals surface area (Å²) >= 11 is 0. The standard InChI is InChI=1S/C22H22F3N5O3/c1-2-3-4-12-33-18-10-8-15(9-11-18)28-21-26-14-19(22(23,24)25)20(29-21)27-16-6-5-7-17(13-16)30(31)32/h5-11,13-14H,2-4,12H2,1H3,(H2,26,27,28,29). The Labute approximate surface area is 188 Å². The van der Waals surface area contributed by atoms with E-state index in [9.17, 15) is 23.3 Å². The first kappa shape index (κ1) is 23.8. The van der Waals surface area contributed by atoms with Crippen molar-refractivity contribution in [1.29, 1.82) is 0 Å². The number of nitro benzene ring substituents is 1. The molecule has 3 aromatic rings. The fourth-order valence-corrected chi connectivity index (χ4v) is 2.88. The molecule has 11 heteroatoms. The fourth-order valence-electron chi connectivity index (χ4n) is 2.88. The van der Waals surface area contributed by atoms with E-state index >= 15 is 0 Å². The average Bonchev–Trinajstić information content (AvgIpc) is 2.77. The van der Waals surface area contributed by atoms with Crippen molar-refractivity contribution in [2.24, 2.45) is 0 Å². The molecule has 0 spiro atoms. The summed E-state index contributed by atoms with van der Waals surface area (Å²) < 4.78 is 46.0. The maximum atomic E-state index is 13.4. The van der Waals surface area contributed by atoms with Crippen LogP contribution in [0.4, 0.5) is 42.0 Å². The highest BCUT2D eigenvalue weighted by atomic mass is 19.4. The number of hydrogen-bond acceptors (Lipinski definition) is 7. The zero-order valence-electron chi connectivity index (χ0n) is 17.7. The van der Waals surface area contributed by atoms with Crippen LogP contribution in [0.1, 0.15) is 31.7 Å². The maximum absolute atomic E-state index is 13.4. The average molecular weight is 461 g/mol. The Morgan fingerprint density at radius 3 is 2.48 bits per heavy atom. The second-order valence-electron chi connectivity index (χ2n) is 7.09. The molecule has 0 fully saturated rings. The third kappa shape index (κ3) is 6.79. The number of benzene rings is 2. The molecule has 0 saturated carbocycles. The molecule has 0 saturated heterocycles. The van der Waals surface area contributed by atoms with E-state index in [-0.39, 0.29) is 17.3 Å². The lowest BCUT2D eigenvalue weighted by Crippen LogP contribution is -2.12. The molecular formula is C22H22F3N5O3. The summed E-state index contributed by atoms with van der Waals surface area (Å²) in [5, 5.41) is 16.3. The number of aromatic nitrogens is 2. The Balaban J connectivity index is 1.78. The van der Waals surface area contributed by atoms with Gasteiger partial charge in [0.1, 0.15) is 17.1 Å². The Kier molecular flexibility index (Phi) is 7.65. The van der Waals surface area contributed by atoms with Gasteiger partial charge in [0.05, 0.1) is 11.5 Å². The van der Waals surface area contributed by atoms with Crippen LogP contribution in [-0.2, 0) is 6.18 Å². The van der Waals surface area contributed by atoms with E-state index in [1.54, 1.807) is 24.3 Å². The van der Waals surface area contributed by atoms with E-state index < -0.39 is 22.5 Å². The predicted octanol–water partition coefficient (Wildman–Crippen LogP) is 6.46. The van der Waals surface area contributed by atoms with Crippen molar-refractivity contribution >= 4 is 28.8 Å². The molecule has 0 aliphatic rings. The fraction of sp³-hybridized carbons (Fsp3) is 0.273. The molecule has 0 unspecified atom stereocenters. The molecule has 0 aliphatic carbocycles. The minimum Gasteiger partial charge on any atom is -0.494 e. The summed E-state index contributed by atoms with van der Waals surface area (Å²) in [6.07, 6.45) is -0.941. The molecule has 8 nitrogen and oxygen atoms in total. The Morgan fingerprint density at radius 2 is 1.82 bits per heavy atom. The lowest BCUT2D eigenvalue weighted by molar-refractivity contribution is -0.384. The number of ether oxygens (including phenoxy) is 1. The van der Waals surface area contributed by atoms with Gasteiger partial charge in [-0.1, -0.05) is 25.8 Å². The van der Waals surface area contributed by atoms with Gasteiger partial charge < -0.3 is 15.4 Å². The van der Waals surface area contributed by atoms with Crippen molar-refractivity contribution in [2.75, 3.05) is 17.2 Å². The molecule has 0 aliphatic heterocycles. The Bertz CT molecular complexity index is 1090. The largest absolute Gasteiger partial charge is 0.494 e. The lowest BCUT2D eigenvalue weighted by atomic mass is 10.2. The van der Waals surface area contributed by atoms with Crippen molar-refractivity contribution < 1.29 is 22.8 Å². The molecule has 0 amide bonds. The summed E-state index contributed by atoms with van der Waals surface area (Å²) in [7, 11) is 0. The van der Waals surface area contributed by atoms with Gasteiger partial charge >= 0.3 is 6.18 Å². The normalized spacial score (nSPS) is 11.2. The van der Waals surface area contributed by atoms with Gasteiger partial charge in [-0.3, -0.25) is 10.1 Å². The smallest absolute Gasteiger partial charge is 0.421 e. The van der Waals surface area contributed by atoms with Crippen molar-refractivity contribution in [2.45, 2.75) is 32.4 Å². The molecule has 2 aromatic carbocycles.